The minimum absolute atomic E-state index is 0.171. The maximum Gasteiger partial charge on any atom is 0.271 e. The predicted molar refractivity (Wildman–Crippen MR) is 98.9 cm³/mol. The normalized spacial score (nSPS) is 10.2. The summed E-state index contributed by atoms with van der Waals surface area (Å²) in [6, 6.07) is 13.2. The molecule has 124 valence electrons. The average molecular weight is 322 g/mol. The van der Waals surface area contributed by atoms with Gasteiger partial charge >= 0.3 is 0 Å². The maximum atomic E-state index is 11.9. The molecule has 0 fully saturated rings. The molecule has 0 aliphatic carbocycles. The zero-order valence-electron chi connectivity index (χ0n) is 13.9. The van der Waals surface area contributed by atoms with Crippen LogP contribution in [0.5, 0.6) is 0 Å². The molecule has 5 N–H and O–H groups in total. The molecule has 5 nitrogen and oxygen atoms in total. The van der Waals surface area contributed by atoms with Crippen molar-refractivity contribution in [1.29, 1.82) is 10.8 Å². The number of nitrogens with two attached hydrogens (primary N) is 1. The summed E-state index contributed by atoms with van der Waals surface area (Å²) in [7, 11) is 0. The lowest BCUT2D eigenvalue weighted by molar-refractivity contribution is -0.114. The van der Waals surface area contributed by atoms with Crippen molar-refractivity contribution in [3.63, 3.8) is 0 Å². The van der Waals surface area contributed by atoms with E-state index in [0.717, 1.165) is 23.1 Å². The van der Waals surface area contributed by atoms with Crippen LogP contribution in [0.4, 0.5) is 5.69 Å². The summed E-state index contributed by atoms with van der Waals surface area (Å²) >= 11 is 0. The van der Waals surface area contributed by atoms with Crippen molar-refractivity contribution < 1.29 is 4.79 Å². The van der Waals surface area contributed by atoms with Gasteiger partial charge in [0.25, 0.3) is 5.91 Å². The minimum Gasteiger partial charge on any atom is -0.398 e. The van der Waals surface area contributed by atoms with E-state index < -0.39 is 5.91 Å². The van der Waals surface area contributed by atoms with E-state index in [-0.39, 0.29) is 11.4 Å². The first-order valence-electron chi connectivity index (χ1n) is 7.87. The number of anilines is 1. The Kier molecular flexibility index (Phi) is 5.47. The highest BCUT2D eigenvalue weighted by molar-refractivity contribution is 6.68. The Labute approximate surface area is 141 Å². The first-order valence-corrected chi connectivity index (χ1v) is 7.87. The first-order chi connectivity index (χ1) is 11.5. The highest BCUT2D eigenvalue weighted by atomic mass is 16.1. The van der Waals surface area contributed by atoms with E-state index in [4.69, 9.17) is 16.6 Å². The summed E-state index contributed by atoms with van der Waals surface area (Å²) in [6.45, 7) is 4.42. The van der Waals surface area contributed by atoms with Gasteiger partial charge in [0.05, 0.1) is 5.71 Å². The molecule has 0 saturated carbocycles. The number of benzene rings is 2. The number of amides is 1. The molecule has 0 unspecified atom stereocenters. The summed E-state index contributed by atoms with van der Waals surface area (Å²) in [6.07, 6.45) is 0.775. The van der Waals surface area contributed by atoms with Crippen molar-refractivity contribution in [3.05, 3.63) is 53.6 Å². The molecule has 5 heteroatoms. The van der Waals surface area contributed by atoms with Gasteiger partial charge in [-0.05, 0) is 18.9 Å². The molecule has 2 aromatic rings. The molecule has 24 heavy (non-hydrogen) atoms. The second-order valence-corrected chi connectivity index (χ2v) is 5.64. The fourth-order valence-electron chi connectivity index (χ4n) is 2.34. The molecule has 0 aliphatic heterocycles. The van der Waals surface area contributed by atoms with Crippen LogP contribution in [-0.4, -0.2) is 23.9 Å². The van der Waals surface area contributed by atoms with Gasteiger partial charge < -0.3 is 11.1 Å². The topological polar surface area (TPSA) is 103 Å². The summed E-state index contributed by atoms with van der Waals surface area (Å²) in [5.41, 5.74) is 9.35. The second kappa shape index (κ2) is 7.55. The van der Waals surface area contributed by atoms with Crippen molar-refractivity contribution in [2.24, 2.45) is 0 Å². The SMILES string of the molecule is CCCNC(=O)C(=N)C(=N)c1cccc(-c2ccc(C)cc2)c1N. The zero-order chi connectivity index (χ0) is 17.7. The first kappa shape index (κ1) is 17.4. The number of hydrogen-bond donors (Lipinski definition) is 4. The number of para-hydroxylation sites is 1. The monoisotopic (exact) mass is 322 g/mol. The summed E-state index contributed by atoms with van der Waals surface area (Å²) < 4.78 is 0. The fourth-order valence-corrected chi connectivity index (χ4v) is 2.34. The van der Waals surface area contributed by atoms with Crippen LogP contribution in [0.2, 0.25) is 0 Å². The van der Waals surface area contributed by atoms with Crippen molar-refractivity contribution in [2.45, 2.75) is 20.3 Å². The Morgan fingerprint density at radius 3 is 2.42 bits per heavy atom. The molecule has 0 radical (unpaired) electrons. The molecule has 0 bridgehead atoms. The third-order valence-electron chi connectivity index (χ3n) is 3.75. The number of carbonyl (C=O) groups is 1. The molecule has 2 aromatic carbocycles. The zero-order valence-corrected chi connectivity index (χ0v) is 13.9. The minimum atomic E-state index is -0.554. The van der Waals surface area contributed by atoms with E-state index in [2.05, 4.69) is 5.32 Å². The van der Waals surface area contributed by atoms with Crippen LogP contribution in [0.1, 0.15) is 24.5 Å². The van der Waals surface area contributed by atoms with Crippen LogP contribution >= 0.6 is 0 Å². The van der Waals surface area contributed by atoms with Crippen LogP contribution in [0.15, 0.2) is 42.5 Å². The van der Waals surface area contributed by atoms with Crippen molar-refractivity contribution >= 4 is 23.0 Å². The van der Waals surface area contributed by atoms with Crippen LogP contribution < -0.4 is 11.1 Å². The lowest BCUT2D eigenvalue weighted by Crippen LogP contribution is -2.36. The number of aryl methyl sites for hydroxylation is 1. The summed E-state index contributed by atoms with van der Waals surface area (Å²) in [4.78, 5) is 11.9. The summed E-state index contributed by atoms with van der Waals surface area (Å²) in [5.74, 6) is -0.554. The molecule has 0 atom stereocenters. The van der Waals surface area contributed by atoms with E-state index in [1.807, 2.05) is 44.2 Å². The molecular weight excluding hydrogens is 300 g/mol. The standard InChI is InChI=1S/C19H22N4O/c1-3-11-23-19(24)18(22)17(21)15-6-4-5-14(16(15)20)13-9-7-12(2)8-10-13/h4-10,21-22H,3,11,20H2,1-2H3,(H,23,24). The maximum absolute atomic E-state index is 11.9. The van der Waals surface area contributed by atoms with Crippen molar-refractivity contribution in [2.75, 3.05) is 12.3 Å². The number of nitrogen functional groups attached to an aromatic ring is 1. The van der Waals surface area contributed by atoms with Gasteiger partial charge in [0.1, 0.15) is 5.71 Å². The van der Waals surface area contributed by atoms with Crippen LogP contribution in [0.3, 0.4) is 0 Å². The Bertz CT molecular complexity index is 778. The molecular formula is C19H22N4O. The quantitative estimate of drug-likeness (QED) is 0.485. The average Bonchev–Trinajstić information content (AvgIpc) is 2.59. The summed E-state index contributed by atoms with van der Waals surface area (Å²) in [5, 5.41) is 18.7. The highest BCUT2D eigenvalue weighted by Crippen LogP contribution is 2.29. The fraction of sp³-hybridized carbons (Fsp3) is 0.211. The third kappa shape index (κ3) is 3.68. The van der Waals surface area contributed by atoms with Gasteiger partial charge in [-0.25, -0.2) is 0 Å². The van der Waals surface area contributed by atoms with Gasteiger partial charge in [-0.2, -0.15) is 0 Å². The van der Waals surface area contributed by atoms with Gasteiger partial charge in [0, 0.05) is 23.4 Å². The molecule has 1 amide bonds. The van der Waals surface area contributed by atoms with Crippen LogP contribution in [0, 0.1) is 17.7 Å². The Balaban J connectivity index is 2.33. The largest absolute Gasteiger partial charge is 0.398 e. The number of rotatable bonds is 6. The lowest BCUT2D eigenvalue weighted by atomic mass is 9.95. The Morgan fingerprint density at radius 1 is 1.12 bits per heavy atom. The van der Waals surface area contributed by atoms with Crippen LogP contribution in [0.25, 0.3) is 11.1 Å². The van der Waals surface area contributed by atoms with Gasteiger partial charge in [0.15, 0.2) is 0 Å². The van der Waals surface area contributed by atoms with Gasteiger partial charge in [-0.3, -0.25) is 15.6 Å². The van der Waals surface area contributed by atoms with E-state index in [0.29, 0.717) is 17.8 Å². The van der Waals surface area contributed by atoms with E-state index in [1.165, 1.54) is 0 Å². The van der Waals surface area contributed by atoms with Gasteiger partial charge in [-0.1, -0.05) is 55.0 Å². The number of nitrogens with one attached hydrogen (secondary N) is 3. The molecule has 2 rings (SSSR count). The van der Waals surface area contributed by atoms with E-state index >= 15 is 0 Å². The highest BCUT2D eigenvalue weighted by Gasteiger charge is 2.19. The molecule has 0 heterocycles. The van der Waals surface area contributed by atoms with Gasteiger partial charge in [0.2, 0.25) is 0 Å². The second-order valence-electron chi connectivity index (χ2n) is 5.64. The van der Waals surface area contributed by atoms with E-state index in [1.54, 1.807) is 12.1 Å². The van der Waals surface area contributed by atoms with Crippen molar-refractivity contribution in [1.82, 2.24) is 5.32 Å². The molecule has 0 aliphatic rings. The number of hydrogen-bond acceptors (Lipinski definition) is 4. The smallest absolute Gasteiger partial charge is 0.271 e. The molecule has 0 spiro atoms. The lowest BCUT2D eigenvalue weighted by Gasteiger charge is -2.13. The Morgan fingerprint density at radius 2 is 1.79 bits per heavy atom. The van der Waals surface area contributed by atoms with Crippen LogP contribution in [-0.2, 0) is 4.79 Å². The molecule has 0 saturated heterocycles. The Hall–Kier alpha value is -2.95. The van der Waals surface area contributed by atoms with E-state index in [9.17, 15) is 4.79 Å². The third-order valence-corrected chi connectivity index (χ3v) is 3.75. The predicted octanol–water partition coefficient (Wildman–Crippen LogP) is 3.16. The number of carbonyl (C=O) groups excluding carboxylic acids is 1. The molecule has 0 aromatic heterocycles. The van der Waals surface area contributed by atoms with Crippen molar-refractivity contribution in [3.8, 4) is 11.1 Å². The van der Waals surface area contributed by atoms with Gasteiger partial charge in [-0.15, -0.1) is 0 Å².